The quantitative estimate of drug-likeness (QED) is 0.173. The Bertz CT molecular complexity index is 3510. The van der Waals surface area contributed by atoms with Gasteiger partial charge in [-0.15, -0.1) is 0 Å². The number of para-hydroxylation sites is 1. The molecule has 2 heteroatoms. The number of hydrogen-bond donors (Lipinski definition) is 0. The van der Waals surface area contributed by atoms with E-state index in [4.69, 9.17) is 4.42 Å². The molecule has 0 saturated carbocycles. The molecule has 11 aromatic rings. The van der Waals surface area contributed by atoms with Crippen molar-refractivity contribution in [1.82, 2.24) is 0 Å². The fraction of sp³-hybridized carbons (Fsp3) is 0.0169. The molecule has 0 saturated heterocycles. The maximum absolute atomic E-state index is 6.26. The summed E-state index contributed by atoms with van der Waals surface area (Å²) in [5.41, 5.74) is 20.2. The van der Waals surface area contributed by atoms with Crippen molar-refractivity contribution < 1.29 is 4.42 Å². The Morgan fingerprint density at radius 1 is 0.311 bits per heavy atom. The van der Waals surface area contributed by atoms with Crippen LogP contribution in [0.1, 0.15) is 22.3 Å². The van der Waals surface area contributed by atoms with Gasteiger partial charge in [-0.05, 0) is 126 Å². The Balaban J connectivity index is 0.965. The summed E-state index contributed by atoms with van der Waals surface area (Å²) in [6, 6.07) is 82.3. The predicted octanol–water partition coefficient (Wildman–Crippen LogP) is 15.9. The minimum Gasteiger partial charge on any atom is -0.456 e. The molecule has 0 aliphatic heterocycles. The first-order valence-corrected chi connectivity index (χ1v) is 21.1. The second-order valence-electron chi connectivity index (χ2n) is 16.4. The van der Waals surface area contributed by atoms with Crippen LogP contribution in [0.2, 0.25) is 0 Å². The number of benzene rings is 10. The van der Waals surface area contributed by atoms with E-state index >= 15 is 0 Å². The zero-order chi connectivity index (χ0) is 40.1. The summed E-state index contributed by atoms with van der Waals surface area (Å²) in [5.74, 6) is 0. The Labute approximate surface area is 354 Å². The van der Waals surface area contributed by atoms with Crippen LogP contribution in [0.15, 0.2) is 229 Å². The standard InChI is InChI=1S/C59H37NO/c1-2-15-40-36-42(33-28-38(40)14-1)60(43-34-35-57-51(37-43)48-20-8-12-27-56(48)61-57)41-31-29-39(30-32-41)44-16-3-4-17-45(44)49-22-13-26-55-58(49)50-21-7-11-25-54(50)59(55)52-23-9-5-18-46(52)47-19-6-10-24-53(47)59/h1-37H. The van der Waals surface area contributed by atoms with Gasteiger partial charge in [-0.1, -0.05) is 176 Å². The third-order valence-corrected chi connectivity index (χ3v) is 13.3. The summed E-state index contributed by atoms with van der Waals surface area (Å²) in [4.78, 5) is 2.36. The topological polar surface area (TPSA) is 16.4 Å². The highest BCUT2D eigenvalue weighted by atomic mass is 16.3. The third-order valence-electron chi connectivity index (χ3n) is 13.3. The molecule has 61 heavy (non-hydrogen) atoms. The SMILES string of the molecule is c1ccc(-c2cccc3c2-c2ccccc2C32c3ccccc3-c3ccccc32)c(-c2ccc(N(c3ccc4ccccc4c3)c3ccc4oc5ccccc5c4c3)cc2)c1. The van der Waals surface area contributed by atoms with Crippen LogP contribution in [0.5, 0.6) is 0 Å². The monoisotopic (exact) mass is 775 g/mol. The molecule has 0 amide bonds. The van der Waals surface area contributed by atoms with E-state index in [9.17, 15) is 0 Å². The van der Waals surface area contributed by atoms with Gasteiger partial charge in [-0.25, -0.2) is 0 Å². The van der Waals surface area contributed by atoms with Crippen LogP contribution in [0.4, 0.5) is 17.1 Å². The van der Waals surface area contributed by atoms with E-state index in [1.807, 2.05) is 12.1 Å². The number of fused-ring (bicyclic) bond motifs is 14. The van der Waals surface area contributed by atoms with E-state index in [-0.39, 0.29) is 5.41 Å². The molecule has 2 aliphatic carbocycles. The van der Waals surface area contributed by atoms with Crippen LogP contribution in [0, 0.1) is 0 Å². The molecule has 0 radical (unpaired) electrons. The van der Waals surface area contributed by atoms with Gasteiger partial charge in [0, 0.05) is 27.8 Å². The largest absolute Gasteiger partial charge is 0.456 e. The average Bonchev–Trinajstić information content (AvgIpc) is 3.96. The van der Waals surface area contributed by atoms with Crippen molar-refractivity contribution in [2.75, 3.05) is 4.90 Å². The lowest BCUT2D eigenvalue weighted by Gasteiger charge is -2.30. The second kappa shape index (κ2) is 13.0. The van der Waals surface area contributed by atoms with Gasteiger partial charge in [-0.2, -0.15) is 0 Å². The molecule has 1 spiro atoms. The molecule has 1 aromatic heterocycles. The Morgan fingerprint density at radius 2 is 0.836 bits per heavy atom. The first-order valence-electron chi connectivity index (χ1n) is 21.1. The van der Waals surface area contributed by atoms with Crippen molar-refractivity contribution >= 4 is 49.8 Å². The number of furan rings is 1. The zero-order valence-electron chi connectivity index (χ0n) is 33.2. The molecule has 0 fully saturated rings. The van der Waals surface area contributed by atoms with Crippen molar-refractivity contribution in [1.29, 1.82) is 0 Å². The lowest BCUT2D eigenvalue weighted by molar-refractivity contribution is 0.669. The van der Waals surface area contributed by atoms with Crippen molar-refractivity contribution in [2.45, 2.75) is 5.41 Å². The van der Waals surface area contributed by atoms with Crippen molar-refractivity contribution in [3.63, 3.8) is 0 Å². The van der Waals surface area contributed by atoms with Crippen LogP contribution in [-0.2, 0) is 5.41 Å². The van der Waals surface area contributed by atoms with Gasteiger partial charge < -0.3 is 9.32 Å². The van der Waals surface area contributed by atoms with Crippen LogP contribution < -0.4 is 4.90 Å². The number of nitrogens with zero attached hydrogens (tertiary/aromatic N) is 1. The maximum Gasteiger partial charge on any atom is 0.135 e. The van der Waals surface area contributed by atoms with Crippen LogP contribution >= 0.6 is 0 Å². The van der Waals surface area contributed by atoms with Gasteiger partial charge in [0.05, 0.1) is 5.41 Å². The zero-order valence-corrected chi connectivity index (χ0v) is 33.2. The van der Waals surface area contributed by atoms with Crippen LogP contribution in [-0.4, -0.2) is 0 Å². The smallest absolute Gasteiger partial charge is 0.135 e. The molecular weight excluding hydrogens is 739 g/mol. The fourth-order valence-electron chi connectivity index (χ4n) is 10.7. The molecule has 2 aliphatic rings. The van der Waals surface area contributed by atoms with E-state index < -0.39 is 0 Å². The minimum atomic E-state index is -0.385. The van der Waals surface area contributed by atoms with Gasteiger partial charge in [0.2, 0.25) is 0 Å². The van der Waals surface area contributed by atoms with Gasteiger partial charge in [0.15, 0.2) is 0 Å². The summed E-state index contributed by atoms with van der Waals surface area (Å²) in [5, 5.41) is 4.64. The maximum atomic E-state index is 6.26. The van der Waals surface area contributed by atoms with E-state index in [1.165, 1.54) is 77.5 Å². The van der Waals surface area contributed by atoms with Gasteiger partial charge in [0.25, 0.3) is 0 Å². The third kappa shape index (κ3) is 4.85. The van der Waals surface area contributed by atoms with Crippen molar-refractivity contribution in [2.24, 2.45) is 0 Å². The molecule has 10 aromatic carbocycles. The summed E-state index contributed by atoms with van der Waals surface area (Å²) in [6.45, 7) is 0. The summed E-state index contributed by atoms with van der Waals surface area (Å²) in [7, 11) is 0. The molecule has 0 atom stereocenters. The second-order valence-corrected chi connectivity index (χ2v) is 16.4. The first kappa shape index (κ1) is 34.0. The highest BCUT2D eigenvalue weighted by molar-refractivity contribution is 6.07. The highest BCUT2D eigenvalue weighted by Crippen LogP contribution is 2.64. The van der Waals surface area contributed by atoms with E-state index in [2.05, 4.69) is 217 Å². The van der Waals surface area contributed by atoms with Crippen LogP contribution in [0.3, 0.4) is 0 Å². The molecule has 284 valence electrons. The normalized spacial score (nSPS) is 13.0. The van der Waals surface area contributed by atoms with Gasteiger partial charge in [0.1, 0.15) is 11.2 Å². The molecule has 0 N–H and O–H groups in total. The van der Waals surface area contributed by atoms with Gasteiger partial charge in [-0.3, -0.25) is 0 Å². The van der Waals surface area contributed by atoms with Crippen molar-refractivity contribution in [3.8, 4) is 44.5 Å². The lowest BCUT2D eigenvalue weighted by atomic mass is 9.70. The van der Waals surface area contributed by atoms with E-state index in [0.29, 0.717) is 0 Å². The summed E-state index contributed by atoms with van der Waals surface area (Å²) in [6.07, 6.45) is 0. The Morgan fingerprint density at radius 3 is 1.61 bits per heavy atom. The average molecular weight is 776 g/mol. The highest BCUT2D eigenvalue weighted by Gasteiger charge is 2.52. The number of hydrogen-bond acceptors (Lipinski definition) is 2. The molecule has 1 heterocycles. The van der Waals surface area contributed by atoms with Gasteiger partial charge >= 0.3 is 0 Å². The number of anilines is 3. The molecule has 13 rings (SSSR count). The molecule has 2 nitrogen and oxygen atoms in total. The predicted molar refractivity (Wildman–Crippen MR) is 253 cm³/mol. The van der Waals surface area contributed by atoms with Crippen LogP contribution in [0.25, 0.3) is 77.2 Å². The summed E-state index contributed by atoms with van der Waals surface area (Å²) < 4.78 is 6.26. The number of rotatable bonds is 5. The Hall–Kier alpha value is -7.94. The van der Waals surface area contributed by atoms with E-state index in [1.54, 1.807) is 0 Å². The lowest BCUT2D eigenvalue weighted by Crippen LogP contribution is -2.25. The minimum absolute atomic E-state index is 0.385. The Kier molecular flexibility index (Phi) is 7.26. The molecular formula is C59H37NO. The van der Waals surface area contributed by atoms with E-state index in [0.717, 1.165) is 39.0 Å². The summed E-state index contributed by atoms with van der Waals surface area (Å²) >= 11 is 0. The molecule has 0 bridgehead atoms. The first-order chi connectivity index (χ1) is 30.3. The fourth-order valence-corrected chi connectivity index (χ4v) is 10.7. The van der Waals surface area contributed by atoms with Crippen molar-refractivity contribution in [3.05, 3.63) is 247 Å². The molecule has 0 unspecified atom stereocenters.